The Labute approximate surface area is 117 Å². The monoisotopic (exact) mass is 319 g/mol. The van der Waals surface area contributed by atoms with Gasteiger partial charge < -0.3 is 10.4 Å². The molecule has 1 aromatic rings. The molecule has 3 unspecified atom stereocenters. The van der Waals surface area contributed by atoms with Crippen LogP contribution in [-0.4, -0.2) is 17.8 Å². The Morgan fingerprint density at radius 3 is 2.53 bits per heavy atom. The third kappa shape index (κ3) is 4.25. The lowest BCUT2D eigenvalue weighted by atomic mass is 10.0. The lowest BCUT2D eigenvalue weighted by Crippen LogP contribution is -2.35. The van der Waals surface area contributed by atoms with Crippen LogP contribution in [0.3, 0.4) is 0 Å². The van der Waals surface area contributed by atoms with Gasteiger partial charge in [-0.05, 0) is 37.5 Å². The Balaban J connectivity index is 2.72. The van der Waals surface area contributed by atoms with Crippen molar-refractivity contribution in [1.29, 1.82) is 0 Å². The second kappa shape index (κ2) is 6.74. The molecule has 1 aromatic carbocycles. The van der Waals surface area contributed by atoms with Gasteiger partial charge in [-0.2, -0.15) is 0 Å². The maximum absolute atomic E-state index is 9.11. The first kappa shape index (κ1) is 15.0. The predicted molar refractivity (Wildman–Crippen MR) is 76.4 cm³/mol. The average molecular weight is 321 g/mol. The Morgan fingerprint density at radius 2 is 2.00 bits per heavy atom. The van der Waals surface area contributed by atoms with Gasteiger partial charge in [-0.15, -0.1) is 0 Å². The number of nitrogens with one attached hydrogen (secondary N) is 1. The van der Waals surface area contributed by atoms with Crippen LogP contribution in [0.25, 0.3) is 0 Å². The highest BCUT2D eigenvalue weighted by Gasteiger charge is 2.16. The van der Waals surface area contributed by atoms with E-state index in [-0.39, 0.29) is 24.6 Å². The van der Waals surface area contributed by atoms with Gasteiger partial charge in [-0.25, -0.2) is 0 Å². The smallest absolute Gasteiger partial charge is 0.0471 e. The fraction of sp³-hybridized carbons (Fsp3) is 0.538. The Bertz CT molecular complexity index is 372. The minimum atomic E-state index is 0.166. The van der Waals surface area contributed by atoms with Gasteiger partial charge >= 0.3 is 0 Å². The second-order valence-electron chi connectivity index (χ2n) is 4.50. The van der Waals surface area contributed by atoms with Crippen molar-refractivity contribution in [3.05, 3.63) is 33.3 Å². The van der Waals surface area contributed by atoms with Crippen LogP contribution in [0.1, 0.15) is 32.4 Å². The van der Waals surface area contributed by atoms with E-state index in [2.05, 4.69) is 35.1 Å². The number of aliphatic hydroxyl groups excluding tert-OH is 1. The quantitative estimate of drug-likeness (QED) is 0.865. The Morgan fingerprint density at radius 1 is 1.35 bits per heavy atom. The topological polar surface area (TPSA) is 32.3 Å². The molecule has 2 nitrogen and oxygen atoms in total. The molecule has 0 saturated carbocycles. The summed E-state index contributed by atoms with van der Waals surface area (Å²) in [5.41, 5.74) is 1.08. The molecule has 0 aromatic heterocycles. The van der Waals surface area contributed by atoms with Crippen LogP contribution in [0.15, 0.2) is 22.7 Å². The van der Waals surface area contributed by atoms with E-state index in [1.54, 1.807) is 0 Å². The first-order valence-corrected chi connectivity index (χ1v) is 6.94. The van der Waals surface area contributed by atoms with Crippen molar-refractivity contribution in [2.24, 2.45) is 5.92 Å². The van der Waals surface area contributed by atoms with Crippen molar-refractivity contribution in [1.82, 2.24) is 5.32 Å². The molecule has 0 saturated heterocycles. The minimum Gasteiger partial charge on any atom is -0.396 e. The third-order valence-electron chi connectivity index (χ3n) is 3.08. The Hall–Kier alpha value is -0.0900. The zero-order valence-corrected chi connectivity index (χ0v) is 12.7. The molecule has 0 aliphatic heterocycles. The molecule has 96 valence electrons. The number of aliphatic hydroxyl groups is 1. The van der Waals surface area contributed by atoms with Gasteiger partial charge in [0.1, 0.15) is 0 Å². The van der Waals surface area contributed by atoms with Crippen LogP contribution in [-0.2, 0) is 0 Å². The molecular formula is C13H19BrClNO. The van der Waals surface area contributed by atoms with Crippen LogP contribution in [0.5, 0.6) is 0 Å². The van der Waals surface area contributed by atoms with E-state index in [1.165, 1.54) is 0 Å². The summed E-state index contributed by atoms with van der Waals surface area (Å²) in [5, 5.41) is 13.3. The summed E-state index contributed by atoms with van der Waals surface area (Å²) in [6.45, 7) is 6.36. The largest absolute Gasteiger partial charge is 0.396 e. The standard InChI is InChI=1S/C13H19BrClNO/c1-8(7-17)9(2)16-10(3)12-5-4-11(14)6-13(12)15/h4-6,8-10,16-17H,7H2,1-3H3. The summed E-state index contributed by atoms with van der Waals surface area (Å²) >= 11 is 9.59. The fourth-order valence-corrected chi connectivity index (χ4v) is 2.50. The first-order valence-electron chi connectivity index (χ1n) is 5.77. The Kier molecular flexibility index (Phi) is 5.93. The van der Waals surface area contributed by atoms with Crippen LogP contribution in [0.2, 0.25) is 5.02 Å². The highest BCUT2D eigenvalue weighted by molar-refractivity contribution is 9.10. The van der Waals surface area contributed by atoms with Gasteiger partial charge in [0.05, 0.1) is 0 Å². The zero-order chi connectivity index (χ0) is 13.0. The van der Waals surface area contributed by atoms with Crippen molar-refractivity contribution >= 4 is 27.5 Å². The van der Waals surface area contributed by atoms with E-state index in [4.69, 9.17) is 16.7 Å². The summed E-state index contributed by atoms with van der Waals surface area (Å²) in [6, 6.07) is 6.31. The van der Waals surface area contributed by atoms with Gasteiger partial charge in [-0.3, -0.25) is 0 Å². The minimum absolute atomic E-state index is 0.166. The molecule has 17 heavy (non-hydrogen) atoms. The van der Waals surface area contributed by atoms with Crippen molar-refractivity contribution in [3.8, 4) is 0 Å². The molecule has 3 atom stereocenters. The van der Waals surface area contributed by atoms with Gasteiger partial charge in [0.15, 0.2) is 0 Å². The average Bonchev–Trinajstić information content (AvgIpc) is 2.27. The SMILES string of the molecule is CC(NC(C)C(C)CO)c1ccc(Br)cc1Cl. The molecule has 0 heterocycles. The number of hydrogen-bond acceptors (Lipinski definition) is 2. The maximum Gasteiger partial charge on any atom is 0.0471 e. The molecular weight excluding hydrogens is 302 g/mol. The number of halogens is 2. The van der Waals surface area contributed by atoms with Gasteiger partial charge in [0.2, 0.25) is 0 Å². The number of rotatable bonds is 5. The predicted octanol–water partition coefficient (Wildman–Crippen LogP) is 3.77. The molecule has 0 aliphatic carbocycles. The van der Waals surface area contributed by atoms with Gasteiger partial charge in [-0.1, -0.05) is 40.5 Å². The van der Waals surface area contributed by atoms with Crippen molar-refractivity contribution in [2.45, 2.75) is 32.9 Å². The summed E-state index contributed by atoms with van der Waals surface area (Å²) in [5.74, 6) is 0.228. The zero-order valence-electron chi connectivity index (χ0n) is 10.4. The molecule has 0 spiro atoms. The maximum atomic E-state index is 9.11. The van der Waals surface area contributed by atoms with Crippen molar-refractivity contribution in [2.75, 3.05) is 6.61 Å². The van der Waals surface area contributed by atoms with Gasteiger partial charge in [0.25, 0.3) is 0 Å². The van der Waals surface area contributed by atoms with Crippen molar-refractivity contribution in [3.63, 3.8) is 0 Å². The molecule has 1 rings (SSSR count). The fourth-order valence-electron chi connectivity index (χ4n) is 1.66. The molecule has 0 fully saturated rings. The van der Waals surface area contributed by atoms with Crippen LogP contribution in [0, 0.1) is 5.92 Å². The highest BCUT2D eigenvalue weighted by Crippen LogP contribution is 2.26. The molecule has 0 radical (unpaired) electrons. The van der Waals surface area contributed by atoms with E-state index in [1.807, 2.05) is 25.1 Å². The van der Waals surface area contributed by atoms with E-state index in [9.17, 15) is 0 Å². The van der Waals surface area contributed by atoms with Gasteiger partial charge in [0, 0.05) is 28.2 Å². The number of hydrogen-bond donors (Lipinski definition) is 2. The van der Waals surface area contributed by atoms with Crippen LogP contribution in [0.4, 0.5) is 0 Å². The van der Waals surface area contributed by atoms with E-state index in [0.29, 0.717) is 0 Å². The third-order valence-corrected chi connectivity index (χ3v) is 3.90. The van der Waals surface area contributed by atoms with Crippen LogP contribution < -0.4 is 5.32 Å². The summed E-state index contributed by atoms with van der Waals surface area (Å²) in [7, 11) is 0. The highest BCUT2D eigenvalue weighted by atomic mass is 79.9. The summed E-state index contributed by atoms with van der Waals surface area (Å²) < 4.78 is 0.982. The molecule has 4 heteroatoms. The molecule has 0 amide bonds. The van der Waals surface area contributed by atoms with Crippen molar-refractivity contribution < 1.29 is 5.11 Å². The first-order chi connectivity index (χ1) is 7.95. The van der Waals surface area contributed by atoms with Crippen LogP contribution >= 0.6 is 27.5 Å². The lowest BCUT2D eigenvalue weighted by molar-refractivity contribution is 0.202. The van der Waals surface area contributed by atoms with E-state index >= 15 is 0 Å². The number of benzene rings is 1. The lowest BCUT2D eigenvalue weighted by Gasteiger charge is -2.25. The molecule has 0 aliphatic rings. The summed E-state index contributed by atoms with van der Waals surface area (Å²) in [4.78, 5) is 0. The molecule has 2 N–H and O–H groups in total. The normalized spacial score (nSPS) is 16.6. The second-order valence-corrected chi connectivity index (χ2v) is 5.83. The summed E-state index contributed by atoms with van der Waals surface area (Å²) in [6.07, 6.45) is 0. The molecule has 0 bridgehead atoms. The van der Waals surface area contributed by atoms with E-state index < -0.39 is 0 Å². The van der Waals surface area contributed by atoms with E-state index in [0.717, 1.165) is 15.1 Å².